The Morgan fingerprint density at radius 2 is 1.91 bits per heavy atom. The summed E-state index contributed by atoms with van der Waals surface area (Å²) in [5.74, 6) is 2.07. The molecule has 0 saturated heterocycles. The lowest BCUT2D eigenvalue weighted by Gasteiger charge is -2.54. The molecule has 0 heterocycles. The van der Waals surface area contributed by atoms with E-state index in [-0.39, 0.29) is 16.6 Å². The Kier molecular flexibility index (Phi) is 2.77. The van der Waals surface area contributed by atoms with Crippen LogP contribution in [0.1, 0.15) is 46.5 Å². The van der Waals surface area contributed by atoms with E-state index in [1.807, 2.05) is 6.08 Å². The number of Topliss-reactive ketones (excluding diaryl/α,β-unsaturated/α-hetero) is 1. The number of carbonyl (C=O) groups excluding carboxylic acids is 2. The Labute approximate surface area is 132 Å². The van der Waals surface area contributed by atoms with Gasteiger partial charge in [0.15, 0.2) is 5.78 Å². The lowest BCUT2D eigenvalue weighted by molar-refractivity contribution is -0.130. The summed E-state index contributed by atoms with van der Waals surface area (Å²) < 4.78 is 0. The van der Waals surface area contributed by atoms with Crippen LogP contribution in [0.25, 0.3) is 0 Å². The average molecular weight is 296 g/mol. The SMILES string of the molecule is CC1=C[C@@H]2[C@H](CC[C@]3(C)C(=O)CC[C@@H]23)[C@@]2(C)C=CC(=O)C=C12. The summed E-state index contributed by atoms with van der Waals surface area (Å²) in [5.41, 5.74) is 2.30. The van der Waals surface area contributed by atoms with Gasteiger partial charge in [-0.25, -0.2) is 0 Å². The molecule has 0 aliphatic heterocycles. The van der Waals surface area contributed by atoms with Crippen molar-refractivity contribution in [3.05, 3.63) is 35.5 Å². The highest BCUT2D eigenvalue weighted by Gasteiger charge is 2.57. The molecule has 2 saturated carbocycles. The fourth-order valence-electron chi connectivity index (χ4n) is 5.83. The average Bonchev–Trinajstić information content (AvgIpc) is 2.77. The van der Waals surface area contributed by atoms with Crippen LogP contribution in [0.5, 0.6) is 0 Å². The fraction of sp³-hybridized carbons (Fsp3) is 0.600. The van der Waals surface area contributed by atoms with Gasteiger partial charge in [0.05, 0.1) is 0 Å². The molecule has 4 aliphatic rings. The zero-order valence-electron chi connectivity index (χ0n) is 13.7. The maximum Gasteiger partial charge on any atom is 0.178 e. The predicted octanol–water partition coefficient (Wildman–Crippen LogP) is 4.03. The van der Waals surface area contributed by atoms with Crippen molar-refractivity contribution in [2.75, 3.05) is 0 Å². The highest BCUT2D eigenvalue weighted by atomic mass is 16.1. The number of hydrogen-bond acceptors (Lipinski definition) is 2. The van der Waals surface area contributed by atoms with Crippen molar-refractivity contribution < 1.29 is 9.59 Å². The molecule has 0 radical (unpaired) electrons. The van der Waals surface area contributed by atoms with Gasteiger partial charge >= 0.3 is 0 Å². The molecule has 0 unspecified atom stereocenters. The van der Waals surface area contributed by atoms with Crippen LogP contribution in [0, 0.1) is 28.6 Å². The van der Waals surface area contributed by atoms with Gasteiger partial charge in [-0.1, -0.05) is 31.6 Å². The molecule has 0 amide bonds. The lowest BCUT2D eigenvalue weighted by atomic mass is 9.49. The Bertz CT molecular complexity index is 665. The summed E-state index contributed by atoms with van der Waals surface area (Å²) in [7, 11) is 0. The smallest absolute Gasteiger partial charge is 0.178 e. The molecule has 5 atom stereocenters. The minimum Gasteiger partial charge on any atom is -0.299 e. The highest BCUT2D eigenvalue weighted by molar-refractivity contribution is 6.02. The topological polar surface area (TPSA) is 34.1 Å². The number of fused-ring (bicyclic) bond motifs is 5. The molecule has 4 rings (SSSR count). The van der Waals surface area contributed by atoms with Crippen molar-refractivity contribution in [3.8, 4) is 0 Å². The van der Waals surface area contributed by atoms with Gasteiger partial charge in [0.2, 0.25) is 0 Å². The van der Waals surface area contributed by atoms with E-state index >= 15 is 0 Å². The van der Waals surface area contributed by atoms with E-state index in [0.29, 0.717) is 23.5 Å². The summed E-state index contributed by atoms with van der Waals surface area (Å²) >= 11 is 0. The second-order valence-electron chi connectivity index (χ2n) is 8.13. The van der Waals surface area contributed by atoms with Crippen LogP contribution in [0.2, 0.25) is 0 Å². The molecule has 0 aromatic rings. The minimum absolute atomic E-state index is 0.0373. The van der Waals surface area contributed by atoms with Gasteiger partial charge in [-0.05, 0) is 61.7 Å². The molecule has 116 valence electrons. The van der Waals surface area contributed by atoms with E-state index in [0.717, 1.165) is 25.7 Å². The summed E-state index contributed by atoms with van der Waals surface area (Å²) in [4.78, 5) is 24.2. The van der Waals surface area contributed by atoms with Gasteiger partial charge in [0, 0.05) is 17.3 Å². The maximum atomic E-state index is 12.4. The lowest BCUT2D eigenvalue weighted by Crippen LogP contribution is -2.48. The Morgan fingerprint density at radius 1 is 1.14 bits per heavy atom. The maximum absolute atomic E-state index is 12.4. The quantitative estimate of drug-likeness (QED) is 0.676. The molecule has 2 fully saturated rings. The van der Waals surface area contributed by atoms with Crippen molar-refractivity contribution in [1.29, 1.82) is 0 Å². The summed E-state index contributed by atoms with van der Waals surface area (Å²) in [6.07, 6.45) is 12.0. The Hall–Kier alpha value is -1.44. The normalized spacial score (nSPS) is 46.6. The summed E-state index contributed by atoms with van der Waals surface area (Å²) in [5, 5.41) is 0. The first-order chi connectivity index (χ1) is 10.4. The molecular formula is C20H24O2. The van der Waals surface area contributed by atoms with Crippen LogP contribution in [0.4, 0.5) is 0 Å². The van der Waals surface area contributed by atoms with Gasteiger partial charge < -0.3 is 0 Å². The number of rotatable bonds is 0. The first kappa shape index (κ1) is 14.2. The van der Waals surface area contributed by atoms with Crippen LogP contribution in [0.3, 0.4) is 0 Å². The molecule has 0 N–H and O–H groups in total. The summed E-state index contributed by atoms with van der Waals surface area (Å²) in [6.45, 7) is 6.62. The number of ketones is 2. The monoisotopic (exact) mass is 296 g/mol. The minimum atomic E-state index is -0.107. The highest BCUT2D eigenvalue weighted by Crippen LogP contribution is 2.62. The van der Waals surface area contributed by atoms with E-state index in [1.165, 1.54) is 11.1 Å². The van der Waals surface area contributed by atoms with Crippen molar-refractivity contribution in [3.63, 3.8) is 0 Å². The number of carbonyl (C=O) groups is 2. The Balaban J connectivity index is 1.83. The van der Waals surface area contributed by atoms with Crippen molar-refractivity contribution in [2.45, 2.75) is 46.5 Å². The van der Waals surface area contributed by atoms with Crippen LogP contribution in [0.15, 0.2) is 35.5 Å². The van der Waals surface area contributed by atoms with E-state index in [1.54, 1.807) is 6.08 Å². The number of allylic oxidation sites excluding steroid dienone is 6. The van der Waals surface area contributed by atoms with Crippen molar-refractivity contribution in [2.24, 2.45) is 28.6 Å². The zero-order chi connectivity index (χ0) is 15.7. The second-order valence-corrected chi connectivity index (χ2v) is 8.13. The Morgan fingerprint density at radius 3 is 2.68 bits per heavy atom. The first-order valence-electron chi connectivity index (χ1n) is 8.54. The molecule has 0 aromatic carbocycles. The van der Waals surface area contributed by atoms with Gasteiger partial charge in [-0.3, -0.25) is 9.59 Å². The van der Waals surface area contributed by atoms with Gasteiger partial charge in [-0.15, -0.1) is 0 Å². The van der Waals surface area contributed by atoms with E-state index in [4.69, 9.17) is 0 Å². The predicted molar refractivity (Wildman–Crippen MR) is 86.1 cm³/mol. The molecule has 2 heteroatoms. The van der Waals surface area contributed by atoms with Crippen LogP contribution < -0.4 is 0 Å². The largest absolute Gasteiger partial charge is 0.299 e. The third kappa shape index (κ3) is 1.61. The third-order valence-electron chi connectivity index (χ3n) is 7.14. The summed E-state index contributed by atoms with van der Waals surface area (Å²) in [6, 6.07) is 0. The van der Waals surface area contributed by atoms with E-state index < -0.39 is 0 Å². The standard InChI is InChI=1S/C20H24O2/c1-12-10-14-15-4-5-18(22)20(15,3)9-7-16(14)19(2)8-6-13(21)11-17(12)19/h6,8,10-11,14-16H,4-5,7,9H2,1-3H3/t14-,15-,16-,19+,20-/m0/s1. The van der Waals surface area contributed by atoms with Crippen molar-refractivity contribution >= 4 is 11.6 Å². The van der Waals surface area contributed by atoms with Crippen LogP contribution in [-0.2, 0) is 9.59 Å². The zero-order valence-corrected chi connectivity index (χ0v) is 13.7. The molecule has 2 nitrogen and oxygen atoms in total. The van der Waals surface area contributed by atoms with Gasteiger partial charge in [-0.2, -0.15) is 0 Å². The van der Waals surface area contributed by atoms with E-state index in [2.05, 4.69) is 32.9 Å². The molecule has 22 heavy (non-hydrogen) atoms. The van der Waals surface area contributed by atoms with Crippen molar-refractivity contribution in [1.82, 2.24) is 0 Å². The van der Waals surface area contributed by atoms with Gasteiger partial charge in [0.25, 0.3) is 0 Å². The third-order valence-corrected chi connectivity index (χ3v) is 7.14. The molecule has 0 aromatic heterocycles. The molecule has 4 aliphatic carbocycles. The van der Waals surface area contributed by atoms with Crippen LogP contribution in [-0.4, -0.2) is 11.6 Å². The van der Waals surface area contributed by atoms with E-state index in [9.17, 15) is 9.59 Å². The first-order valence-corrected chi connectivity index (χ1v) is 8.54. The molecule has 0 spiro atoms. The molecular weight excluding hydrogens is 272 g/mol. The van der Waals surface area contributed by atoms with Crippen LogP contribution >= 0.6 is 0 Å². The number of hydrogen-bond donors (Lipinski definition) is 0. The molecule has 0 bridgehead atoms. The van der Waals surface area contributed by atoms with Gasteiger partial charge in [0.1, 0.15) is 5.78 Å². The fourth-order valence-corrected chi connectivity index (χ4v) is 5.83. The second kappa shape index (κ2) is 4.31.